The van der Waals surface area contributed by atoms with E-state index >= 15 is 0 Å². The molecule has 2 rings (SSSR count). The fraction of sp³-hybridized carbons (Fsp3) is 0.381. The number of aryl methyl sites for hydroxylation is 2. The van der Waals surface area contributed by atoms with Gasteiger partial charge in [0, 0.05) is 24.8 Å². The Hall–Kier alpha value is -2.89. The van der Waals surface area contributed by atoms with E-state index in [1.54, 1.807) is 11.8 Å². The van der Waals surface area contributed by atoms with Gasteiger partial charge in [0.1, 0.15) is 0 Å². The molecule has 1 aromatic heterocycles. The number of amides is 1. The third-order valence-electron chi connectivity index (χ3n) is 4.53. The normalized spacial score (nSPS) is 10.6. The maximum absolute atomic E-state index is 13.0. The van der Waals surface area contributed by atoms with Gasteiger partial charge in [0.25, 0.3) is 0 Å². The summed E-state index contributed by atoms with van der Waals surface area (Å²) in [5, 5.41) is 0. The average molecular weight is 370 g/mol. The highest BCUT2D eigenvalue weighted by atomic mass is 16.5. The lowest BCUT2D eigenvalue weighted by molar-refractivity contribution is -0.118. The minimum Gasteiger partial charge on any atom is -0.465 e. The first kappa shape index (κ1) is 20.4. The van der Waals surface area contributed by atoms with Crippen LogP contribution in [0, 0.1) is 20.8 Å². The van der Waals surface area contributed by atoms with Gasteiger partial charge in [0.05, 0.1) is 24.8 Å². The number of rotatable bonds is 6. The number of ketones is 1. The zero-order valence-corrected chi connectivity index (χ0v) is 16.7. The van der Waals surface area contributed by atoms with Crippen molar-refractivity contribution in [2.75, 3.05) is 18.6 Å². The number of esters is 1. The van der Waals surface area contributed by atoms with Crippen LogP contribution in [0.3, 0.4) is 0 Å². The number of H-pyrrole nitrogens is 1. The van der Waals surface area contributed by atoms with E-state index in [2.05, 4.69) is 4.98 Å². The molecule has 0 aliphatic rings. The molecule has 6 heteroatoms. The lowest BCUT2D eigenvalue weighted by atomic mass is 10.1. The number of carbonyl (C=O) groups excluding carboxylic acids is 3. The van der Waals surface area contributed by atoms with Crippen LogP contribution in [0.15, 0.2) is 18.2 Å². The summed E-state index contributed by atoms with van der Waals surface area (Å²) in [6.07, 6.45) is -0.0284. The summed E-state index contributed by atoms with van der Waals surface area (Å²) in [5.41, 5.74) is 4.45. The van der Waals surface area contributed by atoms with Crippen molar-refractivity contribution < 1.29 is 19.1 Å². The Kier molecular flexibility index (Phi) is 6.20. The number of likely N-dealkylation sites (N-methyl/N-ethyl adjacent to an activating group) is 1. The van der Waals surface area contributed by atoms with Crippen LogP contribution in [0.2, 0.25) is 0 Å². The molecule has 0 radical (unpaired) electrons. The number of nitrogens with zero attached hydrogens (tertiary/aromatic N) is 1. The minimum absolute atomic E-state index is 0.0284. The zero-order valence-electron chi connectivity index (χ0n) is 16.7. The Balaban J connectivity index is 2.42. The Morgan fingerprint density at radius 3 is 2.15 bits per heavy atom. The molecule has 1 N–H and O–H groups in total. The first-order valence-electron chi connectivity index (χ1n) is 8.88. The number of hydrogen-bond donors (Lipinski definition) is 1. The summed E-state index contributed by atoms with van der Waals surface area (Å²) in [6.45, 7) is 9.45. The van der Waals surface area contributed by atoms with Crippen molar-refractivity contribution in [3.05, 3.63) is 51.8 Å². The lowest BCUT2D eigenvalue weighted by Gasteiger charge is -2.22. The first-order valence-corrected chi connectivity index (χ1v) is 8.88. The van der Waals surface area contributed by atoms with Crippen molar-refractivity contribution in [3.8, 4) is 0 Å². The number of hydrogen-bond acceptors (Lipinski definition) is 4. The predicted octanol–water partition coefficient (Wildman–Crippen LogP) is 3.52. The standard InChI is InChI=1S/C21H26N2O4/c1-7-23(16-9-12(2)8-13(3)10-16)18(25)11-17-19(21(26)27-6)14(4)20(22-17)15(5)24/h8-10,22H,7,11H2,1-6H3. The number of carbonyl (C=O) groups is 3. The number of benzene rings is 1. The molecule has 1 heterocycles. The number of ether oxygens (including phenoxy) is 1. The second-order valence-electron chi connectivity index (χ2n) is 6.69. The van der Waals surface area contributed by atoms with Crippen LogP contribution in [-0.2, 0) is 16.0 Å². The Morgan fingerprint density at radius 1 is 1.07 bits per heavy atom. The number of aromatic amines is 1. The molecule has 0 aliphatic heterocycles. The summed E-state index contributed by atoms with van der Waals surface area (Å²) in [7, 11) is 1.28. The highest BCUT2D eigenvalue weighted by Crippen LogP contribution is 2.23. The van der Waals surface area contributed by atoms with Gasteiger partial charge in [-0.15, -0.1) is 0 Å². The summed E-state index contributed by atoms with van der Waals surface area (Å²) in [6, 6.07) is 5.96. The number of nitrogens with one attached hydrogen (secondary N) is 1. The highest BCUT2D eigenvalue weighted by Gasteiger charge is 2.26. The molecule has 1 aromatic carbocycles. The van der Waals surface area contributed by atoms with Gasteiger partial charge < -0.3 is 14.6 Å². The molecular weight excluding hydrogens is 344 g/mol. The van der Waals surface area contributed by atoms with Crippen LogP contribution >= 0.6 is 0 Å². The van der Waals surface area contributed by atoms with Crippen molar-refractivity contribution in [1.82, 2.24) is 4.98 Å². The first-order chi connectivity index (χ1) is 12.7. The maximum atomic E-state index is 13.0. The summed E-state index contributed by atoms with van der Waals surface area (Å²) >= 11 is 0. The fourth-order valence-corrected chi connectivity index (χ4v) is 3.38. The lowest BCUT2D eigenvalue weighted by Crippen LogP contribution is -2.32. The Morgan fingerprint density at radius 2 is 1.67 bits per heavy atom. The molecule has 27 heavy (non-hydrogen) atoms. The SMILES string of the molecule is CCN(C(=O)Cc1[nH]c(C(C)=O)c(C)c1C(=O)OC)c1cc(C)cc(C)c1. The van der Waals surface area contributed by atoms with Gasteiger partial charge in [-0.1, -0.05) is 6.07 Å². The molecule has 0 spiro atoms. The molecule has 0 bridgehead atoms. The van der Waals surface area contributed by atoms with Crippen molar-refractivity contribution >= 4 is 23.3 Å². The van der Waals surface area contributed by atoms with E-state index in [1.165, 1.54) is 14.0 Å². The summed E-state index contributed by atoms with van der Waals surface area (Å²) in [4.78, 5) is 41.6. The topological polar surface area (TPSA) is 79.5 Å². The largest absolute Gasteiger partial charge is 0.465 e. The van der Waals surface area contributed by atoms with E-state index in [9.17, 15) is 14.4 Å². The Bertz CT molecular complexity index is 876. The molecule has 0 saturated carbocycles. The molecule has 0 unspecified atom stereocenters. The molecule has 0 fully saturated rings. The van der Waals surface area contributed by atoms with Gasteiger partial charge in [-0.05, 0) is 56.5 Å². The van der Waals surface area contributed by atoms with Crippen LogP contribution in [0.25, 0.3) is 0 Å². The van der Waals surface area contributed by atoms with Crippen LogP contribution in [0.1, 0.15) is 57.1 Å². The monoisotopic (exact) mass is 370 g/mol. The van der Waals surface area contributed by atoms with Gasteiger partial charge in [-0.25, -0.2) is 4.79 Å². The van der Waals surface area contributed by atoms with Crippen molar-refractivity contribution in [2.45, 2.75) is 41.0 Å². The molecule has 144 valence electrons. The van der Waals surface area contributed by atoms with Crippen molar-refractivity contribution in [1.29, 1.82) is 0 Å². The second kappa shape index (κ2) is 8.20. The van der Waals surface area contributed by atoms with Crippen LogP contribution < -0.4 is 4.90 Å². The number of Topliss-reactive ketones (excluding diaryl/α,β-unsaturated/α-hetero) is 1. The quantitative estimate of drug-likeness (QED) is 0.623. The van der Waals surface area contributed by atoms with Crippen LogP contribution in [0.5, 0.6) is 0 Å². The molecular formula is C21H26N2O4. The third-order valence-corrected chi connectivity index (χ3v) is 4.53. The predicted molar refractivity (Wildman–Crippen MR) is 105 cm³/mol. The summed E-state index contributed by atoms with van der Waals surface area (Å²) < 4.78 is 4.84. The number of methoxy groups -OCH3 is 1. The molecule has 0 atom stereocenters. The maximum Gasteiger partial charge on any atom is 0.339 e. The van der Waals surface area contributed by atoms with Gasteiger partial charge in [0.2, 0.25) is 5.91 Å². The molecule has 1 amide bonds. The Labute approximate surface area is 159 Å². The molecule has 0 saturated heterocycles. The van der Waals surface area contributed by atoms with E-state index < -0.39 is 5.97 Å². The highest BCUT2D eigenvalue weighted by molar-refractivity contribution is 6.02. The van der Waals surface area contributed by atoms with Crippen molar-refractivity contribution in [3.63, 3.8) is 0 Å². The second-order valence-corrected chi connectivity index (χ2v) is 6.69. The molecule has 2 aromatic rings. The fourth-order valence-electron chi connectivity index (χ4n) is 3.38. The van der Waals surface area contributed by atoms with Gasteiger partial charge in [-0.2, -0.15) is 0 Å². The van der Waals surface area contributed by atoms with Gasteiger partial charge >= 0.3 is 5.97 Å². The molecule has 6 nitrogen and oxygen atoms in total. The van der Waals surface area contributed by atoms with Crippen LogP contribution in [0.4, 0.5) is 5.69 Å². The molecule has 0 aliphatic carbocycles. The van der Waals surface area contributed by atoms with Crippen molar-refractivity contribution in [2.24, 2.45) is 0 Å². The van der Waals surface area contributed by atoms with E-state index in [0.717, 1.165) is 16.8 Å². The van der Waals surface area contributed by atoms with E-state index in [1.807, 2.05) is 39.0 Å². The number of anilines is 1. The third kappa shape index (κ3) is 4.27. The average Bonchev–Trinajstić information content (AvgIpc) is 2.90. The smallest absolute Gasteiger partial charge is 0.339 e. The van der Waals surface area contributed by atoms with Gasteiger partial charge in [-0.3, -0.25) is 9.59 Å². The van der Waals surface area contributed by atoms with E-state index in [4.69, 9.17) is 4.74 Å². The van der Waals surface area contributed by atoms with Gasteiger partial charge in [0.15, 0.2) is 5.78 Å². The zero-order chi connectivity index (χ0) is 20.3. The summed E-state index contributed by atoms with van der Waals surface area (Å²) in [5.74, 6) is -0.921. The van der Waals surface area contributed by atoms with E-state index in [-0.39, 0.29) is 23.7 Å². The van der Waals surface area contributed by atoms with E-state index in [0.29, 0.717) is 23.5 Å². The minimum atomic E-state index is -0.562. The van der Waals surface area contributed by atoms with Crippen LogP contribution in [-0.4, -0.2) is 36.3 Å². The number of aromatic nitrogens is 1.